The van der Waals surface area contributed by atoms with Gasteiger partial charge in [-0.3, -0.25) is 9.79 Å². The number of rotatable bonds is 5. The molecule has 5 nitrogen and oxygen atoms in total. The molecule has 1 aliphatic heterocycles. The molecule has 0 aromatic heterocycles. The highest BCUT2D eigenvalue weighted by Gasteiger charge is 2.40. The average molecular weight is 407 g/mol. The van der Waals surface area contributed by atoms with E-state index in [1.807, 2.05) is 0 Å². The summed E-state index contributed by atoms with van der Waals surface area (Å²) >= 11 is 3.49. The number of amides is 1. The van der Waals surface area contributed by atoms with E-state index in [1.165, 1.54) is 5.56 Å². The zero-order chi connectivity index (χ0) is 17.8. The fraction of sp³-hybridized carbons (Fsp3) is 0.579. The lowest BCUT2D eigenvalue weighted by Gasteiger charge is -2.35. The van der Waals surface area contributed by atoms with E-state index in [0.717, 1.165) is 49.3 Å². The van der Waals surface area contributed by atoms with Gasteiger partial charge in [0.15, 0.2) is 5.96 Å². The fourth-order valence-corrected chi connectivity index (χ4v) is 3.96. The molecule has 1 heterocycles. The van der Waals surface area contributed by atoms with Crippen molar-refractivity contribution in [1.82, 2.24) is 10.2 Å². The lowest BCUT2D eigenvalue weighted by Crippen LogP contribution is -2.48. The molecule has 3 atom stereocenters. The monoisotopic (exact) mass is 406 g/mol. The van der Waals surface area contributed by atoms with Crippen molar-refractivity contribution in [1.29, 1.82) is 0 Å². The summed E-state index contributed by atoms with van der Waals surface area (Å²) in [6, 6.07) is 9.03. The van der Waals surface area contributed by atoms with Crippen molar-refractivity contribution in [3.8, 4) is 0 Å². The molecule has 0 radical (unpaired) electrons. The topological polar surface area (TPSA) is 70.7 Å². The molecule has 0 bridgehead atoms. The number of nitrogens with zero attached hydrogens (tertiary/aromatic N) is 2. The van der Waals surface area contributed by atoms with Crippen LogP contribution in [0.5, 0.6) is 0 Å². The Bertz CT molecular complexity index is 631. The molecule has 3 N–H and O–H groups in total. The van der Waals surface area contributed by atoms with Crippen LogP contribution in [0.15, 0.2) is 33.7 Å². The summed E-state index contributed by atoms with van der Waals surface area (Å²) < 4.78 is 1.11. The first-order valence-corrected chi connectivity index (χ1v) is 9.95. The molecule has 136 valence electrons. The van der Waals surface area contributed by atoms with Gasteiger partial charge in [0, 0.05) is 42.5 Å². The van der Waals surface area contributed by atoms with Gasteiger partial charge in [-0.25, -0.2) is 0 Å². The number of carbonyl (C=O) groups excluding carboxylic acids is 1. The van der Waals surface area contributed by atoms with Crippen LogP contribution in [0.2, 0.25) is 0 Å². The number of hydrogen-bond acceptors (Lipinski definition) is 2. The number of nitrogens with two attached hydrogens (primary N) is 1. The summed E-state index contributed by atoms with van der Waals surface area (Å²) in [4.78, 5) is 18.2. The number of hydrogen-bond donors (Lipinski definition) is 2. The quantitative estimate of drug-likeness (QED) is 0.583. The molecular formula is C19H27BrN4O. The number of aliphatic imine (C=N–C) groups is 1. The molecule has 3 unspecified atom stereocenters. The van der Waals surface area contributed by atoms with Gasteiger partial charge in [-0.15, -0.1) is 0 Å². The lowest BCUT2D eigenvalue weighted by atomic mass is 9.95. The second-order valence-corrected chi connectivity index (χ2v) is 7.98. The predicted molar refractivity (Wildman–Crippen MR) is 105 cm³/mol. The van der Waals surface area contributed by atoms with Crippen LogP contribution < -0.4 is 11.1 Å². The van der Waals surface area contributed by atoms with E-state index < -0.39 is 0 Å². The maximum atomic E-state index is 11.2. The van der Waals surface area contributed by atoms with Crippen molar-refractivity contribution in [2.75, 3.05) is 19.6 Å². The fourth-order valence-electron chi connectivity index (χ4n) is 3.69. The van der Waals surface area contributed by atoms with Gasteiger partial charge in [-0.05, 0) is 49.8 Å². The second-order valence-electron chi connectivity index (χ2n) is 7.07. The molecule has 1 saturated heterocycles. The van der Waals surface area contributed by atoms with Crippen molar-refractivity contribution < 1.29 is 4.79 Å². The average Bonchev–Trinajstić information content (AvgIpc) is 3.34. The van der Waals surface area contributed by atoms with E-state index in [0.29, 0.717) is 24.3 Å². The summed E-state index contributed by atoms with van der Waals surface area (Å²) in [5.74, 6) is 1.69. The van der Waals surface area contributed by atoms with E-state index >= 15 is 0 Å². The van der Waals surface area contributed by atoms with Crippen LogP contribution in [0, 0.1) is 5.92 Å². The summed E-state index contributed by atoms with van der Waals surface area (Å²) in [7, 11) is 0. The maximum absolute atomic E-state index is 11.2. The van der Waals surface area contributed by atoms with Crippen LogP contribution in [-0.2, 0) is 4.79 Å². The first kappa shape index (κ1) is 18.2. The Morgan fingerprint density at radius 3 is 2.84 bits per heavy atom. The van der Waals surface area contributed by atoms with Crippen LogP contribution in [0.3, 0.4) is 0 Å². The van der Waals surface area contributed by atoms with Crippen molar-refractivity contribution >= 4 is 27.8 Å². The highest BCUT2D eigenvalue weighted by atomic mass is 79.9. The Labute approximate surface area is 158 Å². The standard InChI is InChI=1S/C19H27BrN4O/c1-2-22-19(24-9-3-4-13(12-24)10-18(21)25)23-17-11-16(17)14-5-7-15(20)8-6-14/h5-8,13,16-17H,2-4,9-12H2,1H3,(H2,21,25)(H,22,23). The minimum Gasteiger partial charge on any atom is -0.370 e. The van der Waals surface area contributed by atoms with Gasteiger partial charge in [0.1, 0.15) is 0 Å². The molecule has 25 heavy (non-hydrogen) atoms. The summed E-state index contributed by atoms with van der Waals surface area (Å²) in [6.07, 6.45) is 3.77. The van der Waals surface area contributed by atoms with Crippen LogP contribution in [0.1, 0.15) is 44.1 Å². The minimum atomic E-state index is -0.203. The molecule has 3 rings (SSSR count). The molecule has 1 saturated carbocycles. The SMILES string of the molecule is CCN=C(NC1CC1c1ccc(Br)cc1)N1CCCC(CC(N)=O)C1. The van der Waals surface area contributed by atoms with Crippen LogP contribution >= 0.6 is 15.9 Å². The van der Waals surface area contributed by atoms with Gasteiger partial charge < -0.3 is 16.0 Å². The summed E-state index contributed by atoms with van der Waals surface area (Å²) in [5, 5.41) is 3.65. The van der Waals surface area contributed by atoms with Gasteiger partial charge in [-0.2, -0.15) is 0 Å². The van der Waals surface area contributed by atoms with Crippen molar-refractivity contribution in [2.45, 2.75) is 44.6 Å². The van der Waals surface area contributed by atoms with Gasteiger partial charge in [0.05, 0.1) is 0 Å². The van der Waals surface area contributed by atoms with Gasteiger partial charge in [-0.1, -0.05) is 28.1 Å². The molecule has 2 aliphatic rings. The number of piperidine rings is 1. The van der Waals surface area contributed by atoms with E-state index in [2.05, 4.69) is 57.3 Å². The van der Waals surface area contributed by atoms with Crippen molar-refractivity contribution in [2.24, 2.45) is 16.6 Å². The Kier molecular flexibility index (Phi) is 5.99. The number of primary amides is 1. The number of carbonyl (C=O) groups is 1. The van der Waals surface area contributed by atoms with Gasteiger partial charge in [0.25, 0.3) is 0 Å². The van der Waals surface area contributed by atoms with E-state index in [4.69, 9.17) is 10.7 Å². The third-order valence-corrected chi connectivity index (χ3v) is 5.55. The third-order valence-electron chi connectivity index (χ3n) is 5.02. The van der Waals surface area contributed by atoms with E-state index in [-0.39, 0.29) is 5.91 Å². The number of benzene rings is 1. The van der Waals surface area contributed by atoms with Crippen LogP contribution in [-0.4, -0.2) is 42.4 Å². The minimum absolute atomic E-state index is 0.203. The Hall–Kier alpha value is -1.56. The number of likely N-dealkylation sites (tertiary alicyclic amines) is 1. The lowest BCUT2D eigenvalue weighted by molar-refractivity contribution is -0.119. The van der Waals surface area contributed by atoms with Crippen molar-refractivity contribution in [3.63, 3.8) is 0 Å². The molecular weight excluding hydrogens is 380 g/mol. The smallest absolute Gasteiger partial charge is 0.217 e. The predicted octanol–water partition coefficient (Wildman–Crippen LogP) is 2.86. The van der Waals surface area contributed by atoms with Crippen LogP contribution in [0.4, 0.5) is 0 Å². The Morgan fingerprint density at radius 2 is 2.16 bits per heavy atom. The molecule has 0 spiro atoms. The molecule has 1 amide bonds. The molecule has 2 fully saturated rings. The Balaban J connectivity index is 1.59. The molecule has 1 aromatic rings. The molecule has 6 heteroatoms. The normalized spacial score (nSPS) is 26.4. The first-order chi connectivity index (χ1) is 12.1. The molecule has 1 aliphatic carbocycles. The zero-order valence-corrected chi connectivity index (χ0v) is 16.3. The molecule has 1 aromatic carbocycles. The van der Waals surface area contributed by atoms with Gasteiger partial charge >= 0.3 is 0 Å². The second kappa shape index (κ2) is 8.21. The highest BCUT2D eigenvalue weighted by Crippen LogP contribution is 2.41. The first-order valence-electron chi connectivity index (χ1n) is 9.16. The summed E-state index contributed by atoms with van der Waals surface area (Å²) in [6.45, 7) is 4.68. The van der Waals surface area contributed by atoms with E-state index in [9.17, 15) is 4.79 Å². The maximum Gasteiger partial charge on any atom is 0.217 e. The summed E-state index contributed by atoms with van der Waals surface area (Å²) in [5.41, 5.74) is 6.76. The number of guanidine groups is 1. The van der Waals surface area contributed by atoms with Gasteiger partial charge in [0.2, 0.25) is 5.91 Å². The zero-order valence-electron chi connectivity index (χ0n) is 14.7. The largest absolute Gasteiger partial charge is 0.370 e. The number of halogens is 1. The van der Waals surface area contributed by atoms with Crippen LogP contribution in [0.25, 0.3) is 0 Å². The Morgan fingerprint density at radius 1 is 1.40 bits per heavy atom. The van der Waals surface area contributed by atoms with Crippen molar-refractivity contribution in [3.05, 3.63) is 34.3 Å². The number of nitrogens with one attached hydrogen (secondary N) is 1. The third kappa shape index (κ3) is 4.97. The highest BCUT2D eigenvalue weighted by molar-refractivity contribution is 9.10. The van der Waals surface area contributed by atoms with E-state index in [1.54, 1.807) is 0 Å².